The fraction of sp³-hybridized carbons (Fsp3) is 0.440. The third-order valence-corrected chi connectivity index (χ3v) is 6.72. The quantitative estimate of drug-likeness (QED) is 0.597. The van der Waals surface area contributed by atoms with Crippen LogP contribution < -0.4 is 10.1 Å². The Hall–Kier alpha value is -2.44. The number of halogens is 2. The summed E-state index contributed by atoms with van der Waals surface area (Å²) in [4.78, 5) is 5.70. The number of likely N-dealkylation sites (tertiary alicyclic amines) is 1. The molecule has 5 rings (SSSR count). The molecule has 164 valence electrons. The van der Waals surface area contributed by atoms with Gasteiger partial charge in [0.15, 0.2) is 0 Å². The number of nitrogens with zero attached hydrogens (tertiary/aromatic N) is 1. The lowest BCUT2D eigenvalue weighted by Crippen LogP contribution is -2.47. The van der Waals surface area contributed by atoms with Crippen LogP contribution in [0.3, 0.4) is 0 Å². The van der Waals surface area contributed by atoms with Gasteiger partial charge < -0.3 is 15.0 Å². The van der Waals surface area contributed by atoms with Crippen molar-refractivity contribution in [3.05, 3.63) is 64.9 Å². The summed E-state index contributed by atoms with van der Waals surface area (Å²) >= 11 is 0. The van der Waals surface area contributed by atoms with E-state index in [-0.39, 0.29) is 17.4 Å². The number of hydrogen-bond donors (Lipinski definition) is 2. The van der Waals surface area contributed by atoms with Crippen LogP contribution in [0.15, 0.2) is 36.4 Å². The summed E-state index contributed by atoms with van der Waals surface area (Å²) in [6.07, 6.45) is 2.01. The highest BCUT2D eigenvalue weighted by atomic mass is 19.1. The number of fused-ring (bicyclic) bond motifs is 3. The molecule has 1 aromatic heterocycles. The Bertz CT molecular complexity index is 1070. The lowest BCUT2D eigenvalue weighted by molar-refractivity contribution is 0.0805. The molecule has 6 heteroatoms. The number of nitrogens with one attached hydrogen (secondary N) is 2. The van der Waals surface area contributed by atoms with Gasteiger partial charge in [-0.1, -0.05) is 31.5 Å². The van der Waals surface area contributed by atoms with E-state index >= 15 is 8.78 Å². The first-order valence-electron chi connectivity index (χ1n) is 11.2. The zero-order valence-electron chi connectivity index (χ0n) is 18.1. The fourth-order valence-corrected chi connectivity index (χ4v) is 4.98. The van der Waals surface area contributed by atoms with E-state index in [0.29, 0.717) is 6.61 Å². The Morgan fingerprint density at radius 1 is 1.13 bits per heavy atom. The minimum Gasteiger partial charge on any atom is -0.492 e. The van der Waals surface area contributed by atoms with Crippen LogP contribution in [-0.4, -0.2) is 42.2 Å². The molecule has 0 radical (unpaired) electrons. The summed E-state index contributed by atoms with van der Waals surface area (Å²) in [5.74, 6) is -0.150. The van der Waals surface area contributed by atoms with Crippen molar-refractivity contribution in [2.75, 3.05) is 26.2 Å². The number of rotatable bonds is 6. The van der Waals surface area contributed by atoms with E-state index in [1.807, 2.05) is 25.1 Å². The van der Waals surface area contributed by atoms with Gasteiger partial charge in [0.05, 0.1) is 6.04 Å². The zero-order chi connectivity index (χ0) is 21.5. The van der Waals surface area contributed by atoms with E-state index in [0.717, 1.165) is 54.1 Å². The molecule has 3 heterocycles. The molecule has 2 atom stereocenters. The molecule has 0 unspecified atom stereocenters. The predicted octanol–water partition coefficient (Wildman–Crippen LogP) is 4.79. The van der Waals surface area contributed by atoms with E-state index in [2.05, 4.69) is 28.2 Å². The van der Waals surface area contributed by atoms with Gasteiger partial charge in [-0.25, -0.2) is 8.78 Å². The molecule has 2 aliphatic heterocycles. The summed E-state index contributed by atoms with van der Waals surface area (Å²) in [7, 11) is 0. The van der Waals surface area contributed by atoms with E-state index in [1.54, 1.807) is 0 Å². The van der Waals surface area contributed by atoms with Gasteiger partial charge in [0.1, 0.15) is 24.0 Å². The predicted molar refractivity (Wildman–Crippen MR) is 119 cm³/mol. The van der Waals surface area contributed by atoms with Crippen molar-refractivity contribution in [2.45, 2.75) is 38.8 Å². The van der Waals surface area contributed by atoms with Crippen molar-refractivity contribution in [1.29, 1.82) is 0 Å². The Balaban J connectivity index is 1.37. The summed E-state index contributed by atoms with van der Waals surface area (Å²) < 4.78 is 36.0. The van der Waals surface area contributed by atoms with Gasteiger partial charge in [0.25, 0.3) is 0 Å². The zero-order valence-corrected chi connectivity index (χ0v) is 18.1. The smallest absolute Gasteiger partial charge is 0.135 e. The topological polar surface area (TPSA) is 40.3 Å². The fourth-order valence-electron chi connectivity index (χ4n) is 4.98. The third-order valence-electron chi connectivity index (χ3n) is 6.72. The van der Waals surface area contributed by atoms with Gasteiger partial charge in [-0.05, 0) is 30.9 Å². The van der Waals surface area contributed by atoms with Gasteiger partial charge in [0.2, 0.25) is 0 Å². The maximum absolute atomic E-state index is 15.1. The first-order chi connectivity index (χ1) is 15.0. The number of aromatic nitrogens is 1. The molecule has 2 aliphatic rings. The van der Waals surface area contributed by atoms with Crippen molar-refractivity contribution in [3.8, 4) is 5.75 Å². The molecule has 0 spiro atoms. The molecule has 0 aliphatic carbocycles. The van der Waals surface area contributed by atoms with Crippen molar-refractivity contribution >= 4 is 10.9 Å². The summed E-state index contributed by atoms with van der Waals surface area (Å²) in [5, 5.41) is 4.49. The lowest BCUT2D eigenvalue weighted by Gasteiger charge is -2.38. The van der Waals surface area contributed by atoms with Crippen LogP contribution in [0, 0.1) is 17.6 Å². The first kappa shape index (κ1) is 20.5. The number of benzene rings is 2. The molecule has 3 aromatic rings. The number of ether oxygens (including phenoxy) is 1. The number of hydrogen-bond acceptors (Lipinski definition) is 3. The van der Waals surface area contributed by atoms with Crippen LogP contribution in [0.2, 0.25) is 0 Å². The minimum atomic E-state index is -0.582. The number of para-hydroxylation sites is 1. The molecular weight excluding hydrogens is 396 g/mol. The highest BCUT2D eigenvalue weighted by Gasteiger charge is 2.32. The lowest BCUT2D eigenvalue weighted by atomic mass is 9.90. The van der Waals surface area contributed by atoms with Crippen LogP contribution in [0.25, 0.3) is 10.9 Å². The van der Waals surface area contributed by atoms with E-state index in [4.69, 9.17) is 4.74 Å². The van der Waals surface area contributed by atoms with Crippen LogP contribution >= 0.6 is 0 Å². The summed E-state index contributed by atoms with van der Waals surface area (Å²) in [6, 6.07) is 10.2. The van der Waals surface area contributed by atoms with Gasteiger partial charge in [-0.2, -0.15) is 0 Å². The molecule has 31 heavy (non-hydrogen) atoms. The van der Waals surface area contributed by atoms with Gasteiger partial charge in [-0.3, -0.25) is 4.90 Å². The van der Waals surface area contributed by atoms with Gasteiger partial charge in [-0.15, -0.1) is 0 Å². The Labute approximate surface area is 181 Å². The summed E-state index contributed by atoms with van der Waals surface area (Å²) in [6.45, 7) is 7.62. The second kappa shape index (κ2) is 8.24. The Morgan fingerprint density at radius 2 is 1.87 bits per heavy atom. The molecule has 0 bridgehead atoms. The maximum atomic E-state index is 15.1. The highest BCUT2D eigenvalue weighted by Crippen LogP contribution is 2.37. The first-order valence-corrected chi connectivity index (χ1v) is 11.2. The number of aromatic amines is 1. The van der Waals surface area contributed by atoms with Crippen molar-refractivity contribution in [2.24, 2.45) is 5.92 Å². The van der Waals surface area contributed by atoms with Crippen LogP contribution in [-0.2, 0) is 6.42 Å². The highest BCUT2D eigenvalue weighted by molar-refractivity contribution is 5.85. The minimum absolute atomic E-state index is 0.0419. The molecular formula is C25H29F2N3O. The second-order valence-corrected chi connectivity index (χ2v) is 8.95. The van der Waals surface area contributed by atoms with Crippen molar-refractivity contribution < 1.29 is 13.5 Å². The van der Waals surface area contributed by atoms with Crippen molar-refractivity contribution in [1.82, 2.24) is 15.2 Å². The SMILES string of the molecule is CCC1CN(CCOc2cc(F)c([C@H]3N[C@H](C)Cc4c3[nH]c3ccccc43)c(F)c2)C1. The van der Waals surface area contributed by atoms with Crippen LogP contribution in [0.1, 0.15) is 43.1 Å². The molecule has 2 N–H and O–H groups in total. The molecule has 1 saturated heterocycles. The standard InChI is InChI=1S/C25H29F2N3O/c1-3-16-13-30(14-16)8-9-31-17-11-20(26)23(21(27)12-17)25-24-19(10-15(2)28-25)18-6-4-5-7-22(18)29-24/h4-7,11-12,15-16,25,28-29H,3,8-10,13-14H2,1-2H3/t15-,25-/m1/s1. The van der Waals surface area contributed by atoms with Gasteiger partial charge in [0, 0.05) is 60.0 Å². The van der Waals surface area contributed by atoms with E-state index in [1.165, 1.54) is 18.6 Å². The Morgan fingerprint density at radius 3 is 2.61 bits per heavy atom. The molecule has 4 nitrogen and oxygen atoms in total. The monoisotopic (exact) mass is 425 g/mol. The number of H-pyrrole nitrogens is 1. The van der Waals surface area contributed by atoms with Crippen LogP contribution in [0.4, 0.5) is 8.78 Å². The Kier molecular flexibility index (Phi) is 5.44. The molecule has 0 saturated carbocycles. The third kappa shape index (κ3) is 3.83. The summed E-state index contributed by atoms with van der Waals surface area (Å²) in [5.41, 5.74) is 3.01. The second-order valence-electron chi connectivity index (χ2n) is 8.95. The average Bonchev–Trinajstić information content (AvgIpc) is 3.08. The molecule has 0 amide bonds. The van der Waals surface area contributed by atoms with E-state index in [9.17, 15) is 0 Å². The molecule has 2 aromatic carbocycles. The average molecular weight is 426 g/mol. The maximum Gasteiger partial charge on any atom is 0.135 e. The van der Waals surface area contributed by atoms with Crippen molar-refractivity contribution in [3.63, 3.8) is 0 Å². The van der Waals surface area contributed by atoms with Crippen LogP contribution in [0.5, 0.6) is 5.75 Å². The molecule has 1 fully saturated rings. The normalized spacial score (nSPS) is 21.8. The van der Waals surface area contributed by atoms with Gasteiger partial charge >= 0.3 is 0 Å². The van der Waals surface area contributed by atoms with E-state index < -0.39 is 17.7 Å². The largest absolute Gasteiger partial charge is 0.492 e.